The largest absolute Gasteiger partial charge is 0.369 e. The van der Waals surface area contributed by atoms with Gasteiger partial charge in [-0.25, -0.2) is 4.98 Å². The average Bonchev–Trinajstić information content (AvgIpc) is 2.97. The van der Waals surface area contributed by atoms with Gasteiger partial charge in [-0.05, 0) is 25.2 Å². The van der Waals surface area contributed by atoms with Gasteiger partial charge in [0.1, 0.15) is 5.52 Å². The van der Waals surface area contributed by atoms with Crippen molar-refractivity contribution < 1.29 is 0 Å². The monoisotopic (exact) mass is 289 g/mol. The normalized spacial score (nSPS) is 23.0. The highest BCUT2D eigenvalue weighted by Crippen LogP contribution is 2.37. The first-order valence-electron chi connectivity index (χ1n) is 8.34. The van der Waals surface area contributed by atoms with Crippen LogP contribution in [0.1, 0.15) is 64.1 Å². The summed E-state index contributed by atoms with van der Waals surface area (Å²) in [5.41, 5.74) is 9.47. The summed E-state index contributed by atoms with van der Waals surface area (Å²) in [5.74, 6) is 1.49. The van der Waals surface area contributed by atoms with E-state index < -0.39 is 0 Å². The van der Waals surface area contributed by atoms with Crippen molar-refractivity contribution in [2.24, 2.45) is 13.0 Å². The molecule has 3 rings (SSSR count). The van der Waals surface area contributed by atoms with E-state index in [2.05, 4.69) is 28.5 Å². The highest BCUT2D eigenvalue weighted by atomic mass is 15.4. The number of anilines is 1. The Kier molecular flexibility index (Phi) is 3.91. The zero-order chi connectivity index (χ0) is 15.0. The fourth-order valence-electron chi connectivity index (χ4n) is 3.85. The lowest BCUT2D eigenvalue weighted by molar-refractivity contribution is 0.265. The lowest BCUT2D eigenvalue weighted by Gasteiger charge is -2.30. The van der Waals surface area contributed by atoms with Crippen molar-refractivity contribution in [2.75, 3.05) is 5.73 Å². The Labute approximate surface area is 126 Å². The fraction of sp³-hybridized carbons (Fsp3) is 0.750. The number of hydrogen-bond acceptors (Lipinski definition) is 3. The standard InChI is InChI=1S/C16H27N5/c1-4-7-13-14-15(20(3)19-13)21(16(17)18-14)12-9-6-8-11(5-2)10-12/h11-12H,4-10H2,1-3H3,(H2,17,18). The number of aryl methyl sites for hydroxylation is 2. The number of nitrogens with two attached hydrogens (primary N) is 1. The third kappa shape index (κ3) is 2.43. The summed E-state index contributed by atoms with van der Waals surface area (Å²) in [6, 6.07) is 0.485. The van der Waals surface area contributed by atoms with Crippen molar-refractivity contribution in [3.05, 3.63) is 5.69 Å². The van der Waals surface area contributed by atoms with Crippen LogP contribution in [0.5, 0.6) is 0 Å². The maximum Gasteiger partial charge on any atom is 0.202 e. The van der Waals surface area contributed by atoms with E-state index in [1.807, 2.05) is 11.7 Å². The average molecular weight is 289 g/mol. The van der Waals surface area contributed by atoms with Gasteiger partial charge in [0.25, 0.3) is 0 Å². The highest BCUT2D eigenvalue weighted by Gasteiger charge is 2.27. The summed E-state index contributed by atoms with van der Waals surface area (Å²) in [5, 5.41) is 4.65. The molecule has 1 aliphatic carbocycles. The van der Waals surface area contributed by atoms with Gasteiger partial charge in [0.2, 0.25) is 5.95 Å². The van der Waals surface area contributed by atoms with Crippen LogP contribution in [0.4, 0.5) is 5.95 Å². The summed E-state index contributed by atoms with van der Waals surface area (Å²) in [6.07, 6.45) is 8.40. The zero-order valence-electron chi connectivity index (χ0n) is 13.5. The van der Waals surface area contributed by atoms with E-state index in [9.17, 15) is 0 Å². The Morgan fingerprint density at radius 1 is 1.29 bits per heavy atom. The van der Waals surface area contributed by atoms with Gasteiger partial charge in [-0.1, -0.05) is 39.5 Å². The third-order valence-corrected chi connectivity index (χ3v) is 4.95. The lowest BCUT2D eigenvalue weighted by atomic mass is 9.84. The SMILES string of the molecule is CCCc1nn(C)c2c1nc(N)n2C1CCCC(CC)C1. The van der Waals surface area contributed by atoms with Gasteiger partial charge in [-0.15, -0.1) is 0 Å². The molecule has 2 N–H and O–H groups in total. The van der Waals surface area contributed by atoms with Crippen LogP contribution in [0.3, 0.4) is 0 Å². The van der Waals surface area contributed by atoms with E-state index in [4.69, 9.17) is 5.73 Å². The van der Waals surface area contributed by atoms with E-state index >= 15 is 0 Å². The van der Waals surface area contributed by atoms with Gasteiger partial charge >= 0.3 is 0 Å². The fourth-order valence-corrected chi connectivity index (χ4v) is 3.85. The molecular formula is C16H27N5. The van der Waals surface area contributed by atoms with Crippen LogP contribution in [-0.4, -0.2) is 19.3 Å². The van der Waals surface area contributed by atoms with Crippen molar-refractivity contribution in [1.82, 2.24) is 19.3 Å². The smallest absolute Gasteiger partial charge is 0.202 e. The van der Waals surface area contributed by atoms with Crippen molar-refractivity contribution in [3.63, 3.8) is 0 Å². The molecule has 0 amide bonds. The first-order chi connectivity index (χ1) is 10.2. The lowest BCUT2D eigenvalue weighted by Crippen LogP contribution is -2.21. The zero-order valence-corrected chi connectivity index (χ0v) is 13.5. The van der Waals surface area contributed by atoms with Gasteiger partial charge in [-0.3, -0.25) is 9.25 Å². The predicted octanol–water partition coefficient (Wildman–Crippen LogP) is 3.45. The molecule has 1 fully saturated rings. The van der Waals surface area contributed by atoms with Gasteiger partial charge < -0.3 is 5.73 Å². The first kappa shape index (κ1) is 14.4. The van der Waals surface area contributed by atoms with Crippen LogP contribution >= 0.6 is 0 Å². The molecule has 2 heterocycles. The summed E-state index contributed by atoms with van der Waals surface area (Å²) >= 11 is 0. The molecule has 5 heteroatoms. The van der Waals surface area contributed by atoms with Gasteiger partial charge in [0.15, 0.2) is 5.65 Å². The molecule has 2 aromatic rings. The molecule has 0 aromatic carbocycles. The van der Waals surface area contributed by atoms with Gasteiger partial charge in [0, 0.05) is 13.1 Å². The van der Waals surface area contributed by atoms with E-state index in [-0.39, 0.29) is 0 Å². The van der Waals surface area contributed by atoms with Crippen LogP contribution in [0.15, 0.2) is 0 Å². The molecule has 2 unspecified atom stereocenters. The van der Waals surface area contributed by atoms with Crippen molar-refractivity contribution in [1.29, 1.82) is 0 Å². The van der Waals surface area contributed by atoms with Crippen LogP contribution in [0.2, 0.25) is 0 Å². The molecule has 0 radical (unpaired) electrons. The number of imidazole rings is 1. The van der Waals surface area contributed by atoms with E-state index in [0.717, 1.165) is 35.6 Å². The Hall–Kier alpha value is -1.52. The molecule has 21 heavy (non-hydrogen) atoms. The minimum Gasteiger partial charge on any atom is -0.369 e. The number of hydrogen-bond donors (Lipinski definition) is 1. The van der Waals surface area contributed by atoms with Gasteiger partial charge in [0.05, 0.1) is 5.69 Å². The van der Waals surface area contributed by atoms with E-state index in [0.29, 0.717) is 12.0 Å². The number of fused-ring (bicyclic) bond motifs is 1. The maximum atomic E-state index is 6.26. The van der Waals surface area contributed by atoms with Crippen molar-refractivity contribution >= 4 is 17.1 Å². The minimum absolute atomic E-state index is 0.485. The third-order valence-electron chi connectivity index (χ3n) is 4.95. The van der Waals surface area contributed by atoms with Crippen molar-refractivity contribution in [2.45, 2.75) is 64.8 Å². The van der Waals surface area contributed by atoms with E-state index in [1.165, 1.54) is 32.1 Å². The molecule has 0 spiro atoms. The molecule has 1 aliphatic rings. The summed E-state index contributed by atoms with van der Waals surface area (Å²) < 4.78 is 4.22. The summed E-state index contributed by atoms with van der Waals surface area (Å²) in [6.45, 7) is 4.47. The molecular weight excluding hydrogens is 262 g/mol. The number of rotatable bonds is 4. The number of nitrogens with zero attached hydrogens (tertiary/aromatic N) is 4. The minimum atomic E-state index is 0.485. The quantitative estimate of drug-likeness (QED) is 0.937. The molecule has 116 valence electrons. The van der Waals surface area contributed by atoms with Crippen LogP contribution < -0.4 is 5.73 Å². The molecule has 2 atom stereocenters. The second-order valence-corrected chi connectivity index (χ2v) is 6.43. The maximum absolute atomic E-state index is 6.26. The van der Waals surface area contributed by atoms with Crippen LogP contribution in [-0.2, 0) is 13.5 Å². The number of aromatic nitrogens is 4. The van der Waals surface area contributed by atoms with Gasteiger partial charge in [-0.2, -0.15) is 5.10 Å². The molecule has 2 aromatic heterocycles. The predicted molar refractivity (Wildman–Crippen MR) is 86.2 cm³/mol. The highest BCUT2D eigenvalue weighted by molar-refractivity contribution is 5.78. The second kappa shape index (κ2) is 5.70. The topological polar surface area (TPSA) is 61.7 Å². The van der Waals surface area contributed by atoms with Crippen LogP contribution in [0.25, 0.3) is 11.2 Å². The van der Waals surface area contributed by atoms with Crippen LogP contribution in [0, 0.1) is 5.92 Å². The Morgan fingerprint density at radius 3 is 2.81 bits per heavy atom. The van der Waals surface area contributed by atoms with Crippen molar-refractivity contribution in [3.8, 4) is 0 Å². The first-order valence-corrected chi connectivity index (χ1v) is 8.34. The second-order valence-electron chi connectivity index (χ2n) is 6.43. The summed E-state index contributed by atoms with van der Waals surface area (Å²) in [4.78, 5) is 4.64. The molecule has 1 saturated carbocycles. The molecule has 5 nitrogen and oxygen atoms in total. The Morgan fingerprint density at radius 2 is 2.10 bits per heavy atom. The molecule has 0 bridgehead atoms. The number of nitrogen functional groups attached to an aromatic ring is 1. The molecule has 0 aliphatic heterocycles. The Balaban J connectivity index is 2.03. The summed E-state index contributed by atoms with van der Waals surface area (Å²) in [7, 11) is 2.01. The molecule has 0 saturated heterocycles. The Bertz CT molecular complexity index is 624. The van der Waals surface area contributed by atoms with E-state index in [1.54, 1.807) is 0 Å².